The molecule has 2 rings (SSSR count). The van der Waals surface area contributed by atoms with Crippen LogP contribution >= 0.6 is 11.3 Å². The molecule has 2 aromatic rings. The second-order valence-electron chi connectivity index (χ2n) is 4.07. The summed E-state index contributed by atoms with van der Waals surface area (Å²) in [4.78, 5) is 5.53. The van der Waals surface area contributed by atoms with Crippen LogP contribution in [0.25, 0.3) is 0 Å². The van der Waals surface area contributed by atoms with E-state index in [1.807, 2.05) is 18.2 Å². The average Bonchev–Trinajstić information content (AvgIpc) is 2.81. The van der Waals surface area contributed by atoms with E-state index in [0.717, 1.165) is 19.5 Å². The normalized spacial score (nSPS) is 10.5. The van der Waals surface area contributed by atoms with Crippen molar-refractivity contribution in [2.75, 3.05) is 13.2 Å². The Balaban J connectivity index is 1.56. The third-order valence-corrected chi connectivity index (χ3v) is 3.66. The lowest BCUT2D eigenvalue weighted by Crippen LogP contribution is -2.16. The Bertz CT molecular complexity index is 456. The number of pyridine rings is 1. The summed E-state index contributed by atoms with van der Waals surface area (Å²) in [5.41, 5.74) is 1.37. The van der Waals surface area contributed by atoms with Gasteiger partial charge in [0.1, 0.15) is 0 Å². The van der Waals surface area contributed by atoms with E-state index in [4.69, 9.17) is 4.74 Å². The van der Waals surface area contributed by atoms with Crippen molar-refractivity contribution in [2.24, 2.45) is 0 Å². The van der Waals surface area contributed by atoms with Crippen LogP contribution in [-0.2, 0) is 6.54 Å². The molecule has 2 aromatic heterocycles. The molecule has 0 bridgehead atoms. The Morgan fingerprint density at radius 2 is 2.28 bits per heavy atom. The number of ether oxygens (including phenoxy) is 1. The monoisotopic (exact) mass is 262 g/mol. The van der Waals surface area contributed by atoms with E-state index in [-0.39, 0.29) is 0 Å². The van der Waals surface area contributed by atoms with Gasteiger partial charge in [-0.1, -0.05) is 6.07 Å². The molecular formula is C14H18N2OS. The van der Waals surface area contributed by atoms with Crippen LogP contribution in [0.2, 0.25) is 0 Å². The van der Waals surface area contributed by atoms with E-state index in [9.17, 15) is 0 Å². The molecule has 0 unspecified atom stereocenters. The summed E-state index contributed by atoms with van der Waals surface area (Å²) in [6.07, 6.45) is 2.73. The molecule has 3 nitrogen and oxygen atoms in total. The maximum atomic E-state index is 5.52. The van der Waals surface area contributed by atoms with Crippen LogP contribution in [0.1, 0.15) is 16.9 Å². The fraction of sp³-hybridized carbons (Fsp3) is 0.357. The second kappa shape index (κ2) is 7.13. The van der Waals surface area contributed by atoms with E-state index in [0.29, 0.717) is 12.5 Å². The van der Waals surface area contributed by atoms with Crippen molar-refractivity contribution in [3.63, 3.8) is 0 Å². The van der Waals surface area contributed by atoms with Gasteiger partial charge in [0, 0.05) is 23.7 Å². The van der Waals surface area contributed by atoms with Gasteiger partial charge in [0.15, 0.2) is 0 Å². The van der Waals surface area contributed by atoms with Crippen molar-refractivity contribution in [3.05, 3.63) is 46.3 Å². The first-order valence-corrected chi connectivity index (χ1v) is 7.02. The van der Waals surface area contributed by atoms with Crippen LogP contribution in [-0.4, -0.2) is 18.1 Å². The van der Waals surface area contributed by atoms with Gasteiger partial charge in [-0.25, -0.2) is 4.98 Å². The van der Waals surface area contributed by atoms with Gasteiger partial charge in [-0.3, -0.25) is 0 Å². The summed E-state index contributed by atoms with van der Waals surface area (Å²) < 4.78 is 5.52. The lowest BCUT2D eigenvalue weighted by atomic mass is 10.3. The molecule has 2 heterocycles. The largest absolute Gasteiger partial charge is 0.478 e. The molecule has 0 aliphatic carbocycles. The molecule has 0 aliphatic rings. The van der Waals surface area contributed by atoms with E-state index in [1.165, 1.54) is 10.4 Å². The van der Waals surface area contributed by atoms with E-state index >= 15 is 0 Å². The zero-order chi connectivity index (χ0) is 12.6. The Morgan fingerprint density at radius 1 is 1.33 bits per heavy atom. The van der Waals surface area contributed by atoms with E-state index in [1.54, 1.807) is 17.5 Å². The van der Waals surface area contributed by atoms with Gasteiger partial charge in [0.2, 0.25) is 5.88 Å². The first-order valence-electron chi connectivity index (χ1n) is 6.14. The number of aryl methyl sites for hydroxylation is 1. The highest BCUT2D eigenvalue weighted by Crippen LogP contribution is 2.14. The van der Waals surface area contributed by atoms with Crippen molar-refractivity contribution in [2.45, 2.75) is 19.9 Å². The Labute approximate surface area is 112 Å². The fourth-order valence-corrected chi connectivity index (χ4v) is 2.47. The molecule has 18 heavy (non-hydrogen) atoms. The van der Waals surface area contributed by atoms with Crippen molar-refractivity contribution in [1.82, 2.24) is 10.3 Å². The predicted octanol–water partition coefficient (Wildman–Crippen LogP) is 3.01. The number of nitrogens with one attached hydrogen (secondary N) is 1. The zero-order valence-electron chi connectivity index (χ0n) is 10.6. The topological polar surface area (TPSA) is 34.1 Å². The molecule has 0 saturated carbocycles. The highest BCUT2D eigenvalue weighted by Gasteiger charge is 1.98. The first kappa shape index (κ1) is 13.1. The minimum atomic E-state index is 0.701. The molecule has 0 atom stereocenters. The molecule has 96 valence electrons. The Kier molecular flexibility index (Phi) is 5.17. The molecule has 4 heteroatoms. The Hall–Kier alpha value is -1.39. The maximum Gasteiger partial charge on any atom is 0.213 e. The van der Waals surface area contributed by atoms with Crippen LogP contribution in [0.5, 0.6) is 5.88 Å². The van der Waals surface area contributed by atoms with Crippen LogP contribution in [0.4, 0.5) is 0 Å². The quantitative estimate of drug-likeness (QED) is 0.779. The fourth-order valence-electron chi connectivity index (χ4n) is 1.59. The summed E-state index contributed by atoms with van der Waals surface area (Å²) in [7, 11) is 0. The molecule has 1 N–H and O–H groups in total. The van der Waals surface area contributed by atoms with Gasteiger partial charge in [-0.05, 0) is 43.0 Å². The highest BCUT2D eigenvalue weighted by molar-refractivity contribution is 7.10. The summed E-state index contributed by atoms with van der Waals surface area (Å²) in [6, 6.07) is 7.85. The number of hydrogen-bond donors (Lipinski definition) is 1. The van der Waals surface area contributed by atoms with Gasteiger partial charge in [-0.15, -0.1) is 11.3 Å². The molecule has 0 amide bonds. The van der Waals surface area contributed by atoms with E-state index < -0.39 is 0 Å². The van der Waals surface area contributed by atoms with Gasteiger partial charge < -0.3 is 10.1 Å². The number of nitrogens with zero attached hydrogens (tertiary/aromatic N) is 1. The summed E-state index contributed by atoms with van der Waals surface area (Å²) in [5, 5.41) is 5.56. The third-order valence-electron chi connectivity index (χ3n) is 2.64. The smallest absolute Gasteiger partial charge is 0.213 e. The second-order valence-corrected chi connectivity index (χ2v) is 5.07. The van der Waals surface area contributed by atoms with E-state index in [2.05, 4.69) is 28.7 Å². The summed E-state index contributed by atoms with van der Waals surface area (Å²) >= 11 is 1.81. The number of thiophene rings is 1. The van der Waals surface area contributed by atoms with Crippen LogP contribution in [0.15, 0.2) is 35.8 Å². The molecule has 0 fully saturated rings. The molecule has 0 aliphatic heterocycles. The summed E-state index contributed by atoms with van der Waals surface area (Å²) in [6.45, 7) is 4.77. The minimum absolute atomic E-state index is 0.701. The lowest BCUT2D eigenvalue weighted by molar-refractivity contribution is 0.297. The molecule has 0 aromatic carbocycles. The molecule has 0 saturated heterocycles. The van der Waals surface area contributed by atoms with Crippen molar-refractivity contribution >= 4 is 11.3 Å². The van der Waals surface area contributed by atoms with Crippen molar-refractivity contribution in [3.8, 4) is 5.88 Å². The molecular weight excluding hydrogens is 244 g/mol. The van der Waals surface area contributed by atoms with Crippen LogP contribution in [0.3, 0.4) is 0 Å². The Morgan fingerprint density at radius 3 is 3.00 bits per heavy atom. The molecule has 0 spiro atoms. The highest BCUT2D eigenvalue weighted by atomic mass is 32.1. The van der Waals surface area contributed by atoms with Crippen molar-refractivity contribution in [1.29, 1.82) is 0 Å². The maximum absolute atomic E-state index is 5.52. The van der Waals surface area contributed by atoms with Gasteiger partial charge >= 0.3 is 0 Å². The van der Waals surface area contributed by atoms with Crippen LogP contribution < -0.4 is 10.1 Å². The van der Waals surface area contributed by atoms with Gasteiger partial charge in [0.05, 0.1) is 6.61 Å². The van der Waals surface area contributed by atoms with Crippen molar-refractivity contribution < 1.29 is 4.74 Å². The number of rotatable bonds is 7. The van der Waals surface area contributed by atoms with Gasteiger partial charge in [0.25, 0.3) is 0 Å². The van der Waals surface area contributed by atoms with Crippen LogP contribution in [0, 0.1) is 6.92 Å². The lowest BCUT2D eigenvalue weighted by Gasteiger charge is -2.06. The standard InChI is InChI=1S/C14H18N2OS/c1-12-6-10-18-13(12)11-15-7-4-9-17-14-5-2-3-8-16-14/h2-3,5-6,8,10,15H,4,7,9,11H2,1H3. The van der Waals surface area contributed by atoms with Gasteiger partial charge in [-0.2, -0.15) is 0 Å². The zero-order valence-corrected chi connectivity index (χ0v) is 11.4. The predicted molar refractivity (Wildman–Crippen MR) is 75.1 cm³/mol. The first-order chi connectivity index (χ1) is 8.86. The SMILES string of the molecule is Cc1ccsc1CNCCCOc1ccccn1. The number of hydrogen-bond acceptors (Lipinski definition) is 4. The minimum Gasteiger partial charge on any atom is -0.478 e. The summed E-state index contributed by atoms with van der Waals surface area (Å²) in [5.74, 6) is 0.701. The molecule has 0 radical (unpaired) electrons. The average molecular weight is 262 g/mol. The third kappa shape index (κ3) is 4.13. The number of aromatic nitrogens is 1.